The van der Waals surface area contributed by atoms with Crippen LogP contribution in [0.2, 0.25) is 0 Å². The van der Waals surface area contributed by atoms with Gasteiger partial charge in [0.25, 0.3) is 5.91 Å². The van der Waals surface area contributed by atoms with E-state index in [-0.39, 0.29) is 11.9 Å². The van der Waals surface area contributed by atoms with E-state index >= 15 is 0 Å². The van der Waals surface area contributed by atoms with Crippen LogP contribution in [0.4, 0.5) is 0 Å². The number of fused-ring (bicyclic) bond motifs is 1. The molecule has 5 heteroatoms. The van der Waals surface area contributed by atoms with Crippen LogP contribution in [0.25, 0.3) is 11.0 Å². The topological polar surface area (TPSA) is 79.5 Å². The van der Waals surface area contributed by atoms with E-state index < -0.39 is 11.9 Å². The van der Waals surface area contributed by atoms with Crippen LogP contribution in [0.1, 0.15) is 16.8 Å². The predicted molar refractivity (Wildman–Crippen MR) is 72.4 cm³/mol. The van der Waals surface area contributed by atoms with E-state index in [0.717, 1.165) is 5.39 Å². The Bertz CT molecular complexity index is 701. The van der Waals surface area contributed by atoms with Gasteiger partial charge in [0.1, 0.15) is 11.8 Å². The minimum absolute atomic E-state index is 0.253. The number of amides is 1. The summed E-state index contributed by atoms with van der Waals surface area (Å²) in [5.41, 5.74) is 1.12. The van der Waals surface area contributed by atoms with Gasteiger partial charge in [-0.25, -0.2) is 0 Å². The zero-order chi connectivity index (χ0) is 14.1. The van der Waals surface area contributed by atoms with Crippen molar-refractivity contribution >= 4 is 22.8 Å². The Balaban J connectivity index is 1.75. The Morgan fingerprint density at radius 2 is 2.05 bits per heavy atom. The molecule has 2 N–H and O–H groups in total. The van der Waals surface area contributed by atoms with Crippen molar-refractivity contribution in [2.75, 3.05) is 0 Å². The predicted octanol–water partition coefficient (Wildman–Crippen LogP) is 2.19. The van der Waals surface area contributed by atoms with Gasteiger partial charge in [0, 0.05) is 11.4 Å². The van der Waals surface area contributed by atoms with Crippen LogP contribution in [0, 0.1) is 5.92 Å². The van der Waals surface area contributed by atoms with E-state index in [1.165, 1.54) is 6.26 Å². The van der Waals surface area contributed by atoms with Crippen molar-refractivity contribution in [3.05, 3.63) is 48.2 Å². The van der Waals surface area contributed by atoms with E-state index in [2.05, 4.69) is 5.32 Å². The van der Waals surface area contributed by atoms with Crippen molar-refractivity contribution in [1.82, 2.24) is 5.32 Å². The van der Waals surface area contributed by atoms with Gasteiger partial charge in [-0.3, -0.25) is 9.59 Å². The number of carbonyl (C=O) groups is 2. The third-order valence-corrected chi connectivity index (χ3v) is 3.44. The Morgan fingerprint density at radius 3 is 2.80 bits per heavy atom. The number of para-hydroxylation sites is 1. The molecule has 5 nitrogen and oxygen atoms in total. The van der Waals surface area contributed by atoms with Gasteiger partial charge in [-0.15, -0.1) is 0 Å². The quantitative estimate of drug-likeness (QED) is 0.839. The highest BCUT2D eigenvalue weighted by molar-refractivity contribution is 6.06. The summed E-state index contributed by atoms with van der Waals surface area (Å²) in [4.78, 5) is 23.1. The molecule has 1 aliphatic rings. The molecule has 1 aliphatic carbocycles. The van der Waals surface area contributed by atoms with Crippen LogP contribution >= 0.6 is 0 Å². The minimum atomic E-state index is -0.869. The van der Waals surface area contributed by atoms with Crippen molar-refractivity contribution in [1.29, 1.82) is 0 Å². The molecule has 0 aliphatic heterocycles. The third kappa shape index (κ3) is 2.18. The smallest absolute Gasteiger partial charge is 0.310 e. The SMILES string of the molecule is O=C(NC1C=CC(C(=O)O)C1)c1coc2ccccc12. The number of carboxylic acid groups (broad SMARTS) is 1. The number of carboxylic acids is 1. The van der Waals surface area contributed by atoms with Crippen molar-refractivity contribution < 1.29 is 19.1 Å². The highest BCUT2D eigenvalue weighted by Gasteiger charge is 2.26. The highest BCUT2D eigenvalue weighted by atomic mass is 16.4. The van der Waals surface area contributed by atoms with Gasteiger partial charge in [0.2, 0.25) is 0 Å². The molecular weight excluding hydrogens is 258 g/mol. The van der Waals surface area contributed by atoms with E-state index in [4.69, 9.17) is 9.52 Å². The number of benzene rings is 1. The second kappa shape index (κ2) is 4.85. The van der Waals surface area contributed by atoms with E-state index in [9.17, 15) is 9.59 Å². The first-order valence-corrected chi connectivity index (χ1v) is 6.33. The van der Waals surface area contributed by atoms with Gasteiger partial charge in [-0.2, -0.15) is 0 Å². The first-order valence-electron chi connectivity index (χ1n) is 6.33. The third-order valence-electron chi connectivity index (χ3n) is 3.44. The molecule has 0 spiro atoms. The molecule has 1 aromatic heterocycles. The summed E-state index contributed by atoms with van der Waals surface area (Å²) in [5.74, 6) is -1.65. The maximum absolute atomic E-state index is 12.2. The fourth-order valence-corrected chi connectivity index (χ4v) is 2.39. The maximum atomic E-state index is 12.2. The lowest BCUT2D eigenvalue weighted by molar-refractivity contribution is -0.140. The summed E-state index contributed by atoms with van der Waals surface area (Å²) in [6.07, 6.45) is 5.14. The Labute approximate surface area is 114 Å². The van der Waals surface area contributed by atoms with Crippen molar-refractivity contribution in [2.45, 2.75) is 12.5 Å². The van der Waals surface area contributed by atoms with Crippen LogP contribution < -0.4 is 5.32 Å². The maximum Gasteiger partial charge on any atom is 0.310 e. The molecule has 2 atom stereocenters. The number of furan rings is 1. The molecule has 0 saturated carbocycles. The second-order valence-corrected chi connectivity index (χ2v) is 4.79. The molecule has 20 heavy (non-hydrogen) atoms. The van der Waals surface area contributed by atoms with Crippen LogP contribution in [-0.4, -0.2) is 23.0 Å². The molecule has 1 heterocycles. The molecule has 2 aromatic rings. The Kier molecular flexibility index (Phi) is 3.02. The average Bonchev–Trinajstić information content (AvgIpc) is 3.04. The van der Waals surface area contributed by atoms with Crippen molar-refractivity contribution in [3.8, 4) is 0 Å². The lowest BCUT2D eigenvalue weighted by atomic mass is 10.1. The molecule has 3 rings (SSSR count). The zero-order valence-corrected chi connectivity index (χ0v) is 10.6. The first kappa shape index (κ1) is 12.5. The van der Waals surface area contributed by atoms with Crippen LogP contribution in [0.15, 0.2) is 47.1 Å². The van der Waals surface area contributed by atoms with E-state index in [1.807, 2.05) is 18.2 Å². The normalized spacial score (nSPS) is 21.2. The molecule has 102 valence electrons. The fourth-order valence-electron chi connectivity index (χ4n) is 2.39. The summed E-state index contributed by atoms with van der Waals surface area (Å²) in [6, 6.07) is 7.03. The molecular formula is C15H13NO4. The van der Waals surface area contributed by atoms with Crippen LogP contribution in [0.5, 0.6) is 0 Å². The second-order valence-electron chi connectivity index (χ2n) is 4.79. The number of nitrogens with one attached hydrogen (secondary N) is 1. The summed E-state index contributed by atoms with van der Waals surface area (Å²) in [5, 5.41) is 12.5. The largest absolute Gasteiger partial charge is 0.481 e. The first-order chi connectivity index (χ1) is 9.65. The minimum Gasteiger partial charge on any atom is -0.481 e. The highest BCUT2D eigenvalue weighted by Crippen LogP contribution is 2.22. The van der Waals surface area contributed by atoms with Crippen molar-refractivity contribution in [2.24, 2.45) is 5.92 Å². The molecule has 0 saturated heterocycles. The fraction of sp³-hybridized carbons (Fsp3) is 0.200. The monoisotopic (exact) mass is 271 g/mol. The van der Waals surface area contributed by atoms with Gasteiger partial charge in [0.15, 0.2) is 0 Å². The zero-order valence-electron chi connectivity index (χ0n) is 10.6. The molecule has 1 aromatic carbocycles. The number of aliphatic carboxylic acids is 1. The molecule has 0 bridgehead atoms. The van der Waals surface area contributed by atoms with E-state index in [1.54, 1.807) is 18.2 Å². The molecule has 1 amide bonds. The summed E-state index contributed by atoms with van der Waals surface area (Å²) < 4.78 is 5.32. The van der Waals surface area contributed by atoms with Gasteiger partial charge in [-0.1, -0.05) is 30.4 Å². The lowest BCUT2D eigenvalue weighted by Crippen LogP contribution is -2.33. The number of hydrogen-bond acceptors (Lipinski definition) is 3. The van der Waals surface area contributed by atoms with E-state index in [0.29, 0.717) is 17.6 Å². The Morgan fingerprint density at radius 1 is 1.25 bits per heavy atom. The summed E-state index contributed by atoms with van der Waals surface area (Å²) >= 11 is 0. The number of hydrogen-bond donors (Lipinski definition) is 2. The van der Waals surface area contributed by atoms with Gasteiger partial charge in [-0.05, 0) is 12.5 Å². The van der Waals surface area contributed by atoms with Crippen LogP contribution in [-0.2, 0) is 4.79 Å². The molecule has 0 fully saturated rings. The summed E-state index contributed by atoms with van der Waals surface area (Å²) in [6.45, 7) is 0. The summed E-state index contributed by atoms with van der Waals surface area (Å²) in [7, 11) is 0. The van der Waals surface area contributed by atoms with Gasteiger partial charge >= 0.3 is 5.97 Å². The molecule has 0 radical (unpaired) electrons. The van der Waals surface area contributed by atoms with Crippen LogP contribution in [0.3, 0.4) is 0 Å². The average molecular weight is 271 g/mol. The standard InChI is InChI=1S/C15H13NO4/c17-14(16-10-6-5-9(7-10)15(18)19)12-8-20-13-4-2-1-3-11(12)13/h1-6,8-10H,7H2,(H,16,17)(H,18,19). The number of carbonyl (C=O) groups excluding carboxylic acids is 1. The lowest BCUT2D eigenvalue weighted by Gasteiger charge is -2.11. The van der Waals surface area contributed by atoms with Gasteiger partial charge < -0.3 is 14.8 Å². The van der Waals surface area contributed by atoms with Crippen molar-refractivity contribution in [3.63, 3.8) is 0 Å². The van der Waals surface area contributed by atoms with Gasteiger partial charge in [0.05, 0.1) is 11.5 Å². The molecule has 2 unspecified atom stereocenters. The number of rotatable bonds is 3. The Hall–Kier alpha value is -2.56.